The lowest BCUT2D eigenvalue weighted by Gasteiger charge is -2.21. The molecule has 0 radical (unpaired) electrons. The van der Waals surface area contributed by atoms with Crippen LogP contribution in [0.15, 0.2) is 18.3 Å². The minimum Gasteiger partial charge on any atom is -0.328 e. The van der Waals surface area contributed by atoms with Gasteiger partial charge in [0.1, 0.15) is 5.67 Å². The normalized spacial score (nSPS) is 14.9. The fourth-order valence-electron chi connectivity index (χ4n) is 1.43. The van der Waals surface area contributed by atoms with Gasteiger partial charge in [-0.2, -0.15) is 0 Å². The van der Waals surface area contributed by atoms with Crippen molar-refractivity contribution in [1.82, 2.24) is 4.98 Å². The molecular formula is C12H19FN2. The smallest absolute Gasteiger partial charge is 0.128 e. The summed E-state index contributed by atoms with van der Waals surface area (Å²) in [4.78, 5) is 4.23. The SMILES string of the molecule is CCc1ccc(CC(F)(CC)CN)nc1. The fourth-order valence-corrected chi connectivity index (χ4v) is 1.43. The highest BCUT2D eigenvalue weighted by Gasteiger charge is 2.26. The minimum absolute atomic E-state index is 0.0563. The Morgan fingerprint density at radius 1 is 1.40 bits per heavy atom. The highest BCUT2D eigenvalue weighted by molar-refractivity contribution is 5.15. The number of halogens is 1. The molecule has 0 aromatic carbocycles. The maximum absolute atomic E-state index is 14.0. The summed E-state index contributed by atoms with van der Waals surface area (Å²) in [5.74, 6) is 0. The monoisotopic (exact) mass is 210 g/mol. The van der Waals surface area contributed by atoms with Gasteiger partial charge in [-0.1, -0.05) is 19.9 Å². The number of pyridine rings is 1. The Labute approximate surface area is 90.7 Å². The van der Waals surface area contributed by atoms with E-state index in [2.05, 4.69) is 11.9 Å². The van der Waals surface area contributed by atoms with Crippen LogP contribution in [0.2, 0.25) is 0 Å². The zero-order chi connectivity index (χ0) is 11.3. The molecular weight excluding hydrogens is 191 g/mol. The van der Waals surface area contributed by atoms with Crippen LogP contribution in [0, 0.1) is 0 Å². The lowest BCUT2D eigenvalue weighted by atomic mass is 9.96. The van der Waals surface area contributed by atoms with Gasteiger partial charge in [-0.3, -0.25) is 4.98 Å². The Morgan fingerprint density at radius 2 is 2.13 bits per heavy atom. The van der Waals surface area contributed by atoms with Crippen LogP contribution in [-0.4, -0.2) is 17.2 Å². The molecule has 0 aliphatic carbocycles. The molecule has 0 bridgehead atoms. The standard InChI is InChI=1S/C12H19FN2/c1-3-10-5-6-11(15-8-10)7-12(13,4-2)9-14/h5-6,8H,3-4,7,9,14H2,1-2H3. The molecule has 0 saturated carbocycles. The zero-order valence-electron chi connectivity index (χ0n) is 9.46. The lowest BCUT2D eigenvalue weighted by Crippen LogP contribution is -2.34. The van der Waals surface area contributed by atoms with E-state index in [-0.39, 0.29) is 6.54 Å². The molecule has 1 aromatic heterocycles. The van der Waals surface area contributed by atoms with Crippen LogP contribution in [0.4, 0.5) is 4.39 Å². The van der Waals surface area contributed by atoms with Crippen LogP contribution < -0.4 is 5.73 Å². The first-order valence-electron chi connectivity index (χ1n) is 5.46. The summed E-state index contributed by atoms with van der Waals surface area (Å²) in [5, 5.41) is 0. The quantitative estimate of drug-likeness (QED) is 0.809. The molecule has 1 heterocycles. The first-order chi connectivity index (χ1) is 7.13. The lowest BCUT2D eigenvalue weighted by molar-refractivity contribution is 0.166. The molecule has 2 N–H and O–H groups in total. The van der Waals surface area contributed by atoms with Crippen LogP contribution in [0.3, 0.4) is 0 Å². The van der Waals surface area contributed by atoms with E-state index < -0.39 is 5.67 Å². The second-order valence-corrected chi connectivity index (χ2v) is 3.90. The first-order valence-corrected chi connectivity index (χ1v) is 5.46. The second kappa shape index (κ2) is 5.21. The number of hydrogen-bond donors (Lipinski definition) is 1. The molecule has 0 spiro atoms. The third-order valence-corrected chi connectivity index (χ3v) is 2.79. The van der Waals surface area contributed by atoms with E-state index in [1.54, 1.807) is 0 Å². The molecule has 2 nitrogen and oxygen atoms in total. The van der Waals surface area contributed by atoms with E-state index >= 15 is 0 Å². The number of nitrogens with two attached hydrogens (primary N) is 1. The van der Waals surface area contributed by atoms with Crippen LogP contribution >= 0.6 is 0 Å². The molecule has 3 heteroatoms. The van der Waals surface area contributed by atoms with Crippen molar-refractivity contribution < 1.29 is 4.39 Å². The second-order valence-electron chi connectivity index (χ2n) is 3.90. The number of alkyl halides is 1. The van der Waals surface area contributed by atoms with Crippen molar-refractivity contribution >= 4 is 0 Å². The summed E-state index contributed by atoms with van der Waals surface area (Å²) in [5.41, 5.74) is 6.07. The maximum Gasteiger partial charge on any atom is 0.128 e. The third-order valence-electron chi connectivity index (χ3n) is 2.79. The van der Waals surface area contributed by atoms with Crippen molar-refractivity contribution in [2.75, 3.05) is 6.54 Å². The molecule has 1 unspecified atom stereocenters. The molecule has 0 fully saturated rings. The Hall–Kier alpha value is -0.960. The van der Waals surface area contributed by atoms with Gasteiger partial charge >= 0.3 is 0 Å². The van der Waals surface area contributed by atoms with Crippen molar-refractivity contribution in [2.45, 2.75) is 38.8 Å². The predicted octanol–water partition coefficient (Wildman–Crippen LogP) is 2.26. The fraction of sp³-hybridized carbons (Fsp3) is 0.583. The topological polar surface area (TPSA) is 38.9 Å². The van der Waals surface area contributed by atoms with E-state index in [4.69, 9.17) is 5.73 Å². The van der Waals surface area contributed by atoms with E-state index in [0.717, 1.165) is 12.1 Å². The summed E-state index contributed by atoms with van der Waals surface area (Å²) in [6.07, 6.45) is 3.51. The molecule has 1 atom stereocenters. The third kappa shape index (κ3) is 3.27. The van der Waals surface area contributed by atoms with Crippen molar-refractivity contribution in [3.8, 4) is 0 Å². The van der Waals surface area contributed by atoms with Gasteiger partial charge in [0.2, 0.25) is 0 Å². The van der Waals surface area contributed by atoms with Gasteiger partial charge in [0.15, 0.2) is 0 Å². The summed E-state index contributed by atoms with van der Waals surface area (Å²) >= 11 is 0. The van der Waals surface area contributed by atoms with Crippen LogP contribution in [0.25, 0.3) is 0 Å². The van der Waals surface area contributed by atoms with E-state index in [1.165, 1.54) is 5.56 Å². The Kier molecular flexibility index (Phi) is 4.21. The Morgan fingerprint density at radius 3 is 2.53 bits per heavy atom. The van der Waals surface area contributed by atoms with Gasteiger partial charge in [-0.05, 0) is 24.5 Å². The number of aromatic nitrogens is 1. The molecule has 15 heavy (non-hydrogen) atoms. The summed E-state index contributed by atoms with van der Waals surface area (Å²) in [7, 11) is 0. The zero-order valence-corrected chi connectivity index (χ0v) is 9.46. The molecule has 0 saturated heterocycles. The molecule has 0 aliphatic heterocycles. The highest BCUT2D eigenvalue weighted by atomic mass is 19.1. The maximum atomic E-state index is 14.0. The number of hydrogen-bond acceptors (Lipinski definition) is 2. The number of rotatable bonds is 5. The van der Waals surface area contributed by atoms with Gasteiger partial charge in [-0.15, -0.1) is 0 Å². The van der Waals surface area contributed by atoms with Crippen LogP contribution in [0.1, 0.15) is 31.5 Å². The van der Waals surface area contributed by atoms with Crippen molar-refractivity contribution in [2.24, 2.45) is 5.73 Å². The Bertz CT molecular complexity index is 291. The van der Waals surface area contributed by atoms with Gasteiger partial charge in [0.05, 0.1) is 0 Å². The first kappa shape index (κ1) is 12.1. The van der Waals surface area contributed by atoms with Crippen molar-refractivity contribution in [1.29, 1.82) is 0 Å². The Balaban J connectivity index is 2.71. The average molecular weight is 210 g/mol. The summed E-state index contributed by atoms with van der Waals surface area (Å²) in [6, 6.07) is 3.88. The highest BCUT2D eigenvalue weighted by Crippen LogP contribution is 2.19. The van der Waals surface area contributed by atoms with Crippen LogP contribution in [0.5, 0.6) is 0 Å². The molecule has 0 aliphatic rings. The van der Waals surface area contributed by atoms with Gasteiger partial charge in [-0.25, -0.2) is 4.39 Å². The van der Waals surface area contributed by atoms with E-state index in [1.807, 2.05) is 25.3 Å². The minimum atomic E-state index is -1.30. The van der Waals surface area contributed by atoms with E-state index in [9.17, 15) is 4.39 Å². The summed E-state index contributed by atoms with van der Waals surface area (Å²) < 4.78 is 14.0. The number of aryl methyl sites for hydroxylation is 1. The summed E-state index contributed by atoms with van der Waals surface area (Å²) in [6.45, 7) is 3.94. The molecule has 1 rings (SSSR count). The molecule has 84 valence electrons. The van der Waals surface area contributed by atoms with Gasteiger partial charge in [0, 0.05) is 24.9 Å². The van der Waals surface area contributed by atoms with Gasteiger partial charge in [0.25, 0.3) is 0 Å². The number of nitrogens with zero attached hydrogens (tertiary/aromatic N) is 1. The predicted molar refractivity (Wildman–Crippen MR) is 60.5 cm³/mol. The van der Waals surface area contributed by atoms with Gasteiger partial charge < -0.3 is 5.73 Å². The van der Waals surface area contributed by atoms with E-state index in [0.29, 0.717) is 12.8 Å². The van der Waals surface area contributed by atoms with Crippen LogP contribution in [-0.2, 0) is 12.8 Å². The van der Waals surface area contributed by atoms with Crippen molar-refractivity contribution in [3.05, 3.63) is 29.6 Å². The molecule has 0 amide bonds. The largest absolute Gasteiger partial charge is 0.328 e. The van der Waals surface area contributed by atoms with Crippen molar-refractivity contribution in [3.63, 3.8) is 0 Å². The average Bonchev–Trinajstić information content (AvgIpc) is 2.30. The molecule has 1 aromatic rings.